The Hall–Kier alpha value is -2.47. The highest BCUT2D eigenvalue weighted by Gasteiger charge is 2.32. The molecule has 0 bridgehead atoms. The summed E-state index contributed by atoms with van der Waals surface area (Å²) in [5.74, 6) is 0.675. The minimum absolute atomic E-state index is 0.104. The minimum Gasteiger partial charge on any atom is -0.350 e. The third-order valence-corrected chi connectivity index (χ3v) is 7.45. The standard InChI is InChI=1S/C30H34Cl2N2O2S/c1-21-10-12-23(13-11-21)19-37-20-28(35)34(18-24-14-15-25(31)26(32)16-24)27(29(36)33-30(2,3)4)17-22-8-6-5-7-9-22/h5-16,27H,17-20H2,1-4H3,(H,33,36)/t27-/m0/s1. The summed E-state index contributed by atoms with van der Waals surface area (Å²) in [5.41, 5.74) is 3.71. The molecule has 3 aromatic carbocycles. The van der Waals surface area contributed by atoms with Crippen molar-refractivity contribution >= 4 is 46.8 Å². The van der Waals surface area contributed by atoms with Crippen molar-refractivity contribution in [2.45, 2.75) is 58.0 Å². The second-order valence-corrected chi connectivity index (χ2v) is 12.0. The van der Waals surface area contributed by atoms with Crippen LogP contribution < -0.4 is 5.32 Å². The minimum atomic E-state index is -0.691. The zero-order valence-corrected chi connectivity index (χ0v) is 24.1. The molecule has 3 aromatic rings. The van der Waals surface area contributed by atoms with E-state index in [1.807, 2.05) is 57.2 Å². The number of benzene rings is 3. The molecular weight excluding hydrogens is 523 g/mol. The molecule has 0 spiro atoms. The number of amides is 2. The summed E-state index contributed by atoms with van der Waals surface area (Å²) in [7, 11) is 0. The van der Waals surface area contributed by atoms with Crippen LogP contribution in [0.5, 0.6) is 0 Å². The molecule has 7 heteroatoms. The number of thioether (sulfide) groups is 1. The molecular formula is C30H34Cl2N2O2S. The highest BCUT2D eigenvalue weighted by Crippen LogP contribution is 2.25. The summed E-state index contributed by atoms with van der Waals surface area (Å²) in [5, 5.41) is 3.94. The summed E-state index contributed by atoms with van der Waals surface area (Å²) in [6.07, 6.45) is 0.401. The van der Waals surface area contributed by atoms with Crippen molar-refractivity contribution in [1.29, 1.82) is 0 Å². The second-order valence-electron chi connectivity index (χ2n) is 10.2. The lowest BCUT2D eigenvalue weighted by atomic mass is 10.0. The van der Waals surface area contributed by atoms with Crippen LogP contribution in [-0.2, 0) is 28.3 Å². The highest BCUT2D eigenvalue weighted by atomic mass is 35.5. The molecule has 0 unspecified atom stereocenters. The van der Waals surface area contributed by atoms with Gasteiger partial charge in [-0.1, -0.05) is 89.4 Å². The van der Waals surface area contributed by atoms with Gasteiger partial charge < -0.3 is 10.2 Å². The van der Waals surface area contributed by atoms with Gasteiger partial charge in [0.2, 0.25) is 11.8 Å². The lowest BCUT2D eigenvalue weighted by Gasteiger charge is -2.34. The molecule has 0 aliphatic carbocycles. The van der Waals surface area contributed by atoms with E-state index in [0.717, 1.165) is 16.7 Å². The van der Waals surface area contributed by atoms with E-state index < -0.39 is 11.6 Å². The van der Waals surface area contributed by atoms with Crippen molar-refractivity contribution < 1.29 is 9.59 Å². The Bertz CT molecular complexity index is 1190. The Labute approximate surface area is 234 Å². The molecule has 0 heterocycles. The quantitative estimate of drug-likeness (QED) is 0.290. The van der Waals surface area contributed by atoms with E-state index in [-0.39, 0.29) is 24.1 Å². The van der Waals surface area contributed by atoms with E-state index in [2.05, 4.69) is 36.5 Å². The van der Waals surface area contributed by atoms with Crippen LogP contribution in [0.25, 0.3) is 0 Å². The maximum Gasteiger partial charge on any atom is 0.243 e. The number of nitrogens with one attached hydrogen (secondary N) is 1. The van der Waals surface area contributed by atoms with Crippen LogP contribution >= 0.6 is 35.0 Å². The third kappa shape index (κ3) is 9.41. The van der Waals surface area contributed by atoms with Gasteiger partial charge in [-0.15, -0.1) is 11.8 Å². The van der Waals surface area contributed by atoms with Crippen LogP contribution in [0.4, 0.5) is 0 Å². The number of rotatable bonds is 10. The molecule has 0 saturated carbocycles. The predicted octanol–water partition coefficient (Wildman–Crippen LogP) is 7.09. The molecule has 37 heavy (non-hydrogen) atoms. The monoisotopic (exact) mass is 556 g/mol. The van der Waals surface area contributed by atoms with Crippen molar-refractivity contribution in [2.24, 2.45) is 0 Å². The van der Waals surface area contributed by atoms with Crippen molar-refractivity contribution in [2.75, 3.05) is 5.75 Å². The molecule has 2 amide bonds. The van der Waals surface area contributed by atoms with Gasteiger partial charge in [0, 0.05) is 24.3 Å². The van der Waals surface area contributed by atoms with Crippen LogP contribution in [0.2, 0.25) is 10.0 Å². The Balaban J connectivity index is 1.88. The molecule has 0 radical (unpaired) electrons. The number of hydrogen-bond acceptors (Lipinski definition) is 3. The Morgan fingerprint density at radius 2 is 1.54 bits per heavy atom. The zero-order chi connectivity index (χ0) is 27.0. The molecule has 1 atom stereocenters. The van der Waals surface area contributed by atoms with Gasteiger partial charge in [0.15, 0.2) is 0 Å². The van der Waals surface area contributed by atoms with Crippen LogP contribution in [0.1, 0.15) is 43.0 Å². The summed E-state index contributed by atoms with van der Waals surface area (Å²) in [6, 6.07) is 22.7. The third-order valence-electron chi connectivity index (χ3n) is 5.72. The van der Waals surface area contributed by atoms with Gasteiger partial charge >= 0.3 is 0 Å². The van der Waals surface area contributed by atoms with Gasteiger partial charge in [0.25, 0.3) is 0 Å². The highest BCUT2D eigenvalue weighted by molar-refractivity contribution is 7.99. The average Bonchev–Trinajstić information content (AvgIpc) is 2.84. The number of halogens is 2. The van der Waals surface area contributed by atoms with E-state index in [0.29, 0.717) is 22.2 Å². The van der Waals surface area contributed by atoms with E-state index in [1.54, 1.807) is 28.8 Å². The SMILES string of the molecule is Cc1ccc(CSCC(=O)N(Cc2ccc(Cl)c(Cl)c2)[C@@H](Cc2ccccc2)C(=O)NC(C)(C)C)cc1. The second kappa shape index (κ2) is 13.4. The Morgan fingerprint density at radius 1 is 0.892 bits per heavy atom. The number of aryl methyl sites for hydroxylation is 1. The smallest absolute Gasteiger partial charge is 0.243 e. The van der Waals surface area contributed by atoms with Crippen LogP contribution in [0, 0.1) is 6.92 Å². The largest absolute Gasteiger partial charge is 0.350 e. The molecule has 0 saturated heterocycles. The molecule has 0 aromatic heterocycles. The average molecular weight is 558 g/mol. The Morgan fingerprint density at radius 3 is 2.16 bits per heavy atom. The predicted molar refractivity (Wildman–Crippen MR) is 156 cm³/mol. The van der Waals surface area contributed by atoms with Gasteiger partial charge in [-0.05, 0) is 56.5 Å². The first kappa shape index (κ1) is 29.1. The lowest BCUT2D eigenvalue weighted by molar-refractivity contribution is -0.140. The molecule has 0 aliphatic heterocycles. The Kier molecular flexibility index (Phi) is 10.5. The van der Waals surface area contributed by atoms with Crippen LogP contribution in [0.3, 0.4) is 0 Å². The first-order chi connectivity index (χ1) is 17.5. The summed E-state index contributed by atoms with van der Waals surface area (Å²) >= 11 is 14.0. The molecule has 3 rings (SSSR count). The summed E-state index contributed by atoms with van der Waals surface area (Å²) in [4.78, 5) is 29.0. The van der Waals surface area contributed by atoms with E-state index >= 15 is 0 Å². The number of hydrogen-bond donors (Lipinski definition) is 1. The maximum absolute atomic E-state index is 13.7. The molecule has 196 valence electrons. The van der Waals surface area contributed by atoms with Crippen molar-refractivity contribution in [3.8, 4) is 0 Å². The molecule has 1 N–H and O–H groups in total. The molecule has 0 fully saturated rings. The van der Waals surface area contributed by atoms with Gasteiger partial charge in [0.05, 0.1) is 15.8 Å². The van der Waals surface area contributed by atoms with E-state index in [4.69, 9.17) is 23.2 Å². The summed E-state index contributed by atoms with van der Waals surface area (Å²) < 4.78 is 0. The van der Waals surface area contributed by atoms with Gasteiger partial charge in [-0.25, -0.2) is 0 Å². The maximum atomic E-state index is 13.7. The topological polar surface area (TPSA) is 49.4 Å². The van der Waals surface area contributed by atoms with Crippen LogP contribution in [-0.4, -0.2) is 34.0 Å². The normalized spacial score (nSPS) is 12.2. The van der Waals surface area contributed by atoms with E-state index in [9.17, 15) is 9.59 Å². The first-order valence-electron chi connectivity index (χ1n) is 12.2. The van der Waals surface area contributed by atoms with Crippen molar-refractivity contribution in [1.82, 2.24) is 10.2 Å². The lowest BCUT2D eigenvalue weighted by Crippen LogP contribution is -2.54. The van der Waals surface area contributed by atoms with Crippen molar-refractivity contribution in [3.05, 3.63) is 105 Å². The van der Waals surface area contributed by atoms with Gasteiger partial charge in [-0.3, -0.25) is 9.59 Å². The number of nitrogens with zero attached hydrogens (tertiary/aromatic N) is 1. The van der Waals surface area contributed by atoms with Crippen LogP contribution in [0.15, 0.2) is 72.8 Å². The van der Waals surface area contributed by atoms with E-state index in [1.165, 1.54) is 5.56 Å². The first-order valence-corrected chi connectivity index (χ1v) is 14.2. The van der Waals surface area contributed by atoms with Gasteiger partial charge in [-0.2, -0.15) is 0 Å². The number of carbonyl (C=O) groups excluding carboxylic acids is 2. The summed E-state index contributed by atoms with van der Waals surface area (Å²) in [6.45, 7) is 8.11. The van der Waals surface area contributed by atoms with Crippen molar-refractivity contribution in [3.63, 3.8) is 0 Å². The molecule has 4 nitrogen and oxygen atoms in total. The fourth-order valence-corrected chi connectivity index (χ4v) is 5.06. The zero-order valence-electron chi connectivity index (χ0n) is 21.8. The fraction of sp³-hybridized carbons (Fsp3) is 0.333. The van der Waals surface area contributed by atoms with Gasteiger partial charge in [0.1, 0.15) is 6.04 Å². The number of carbonyl (C=O) groups is 2. The fourth-order valence-electron chi connectivity index (χ4n) is 3.86. The molecule has 0 aliphatic rings.